The van der Waals surface area contributed by atoms with Crippen molar-refractivity contribution in [3.05, 3.63) is 46.6 Å². The highest BCUT2D eigenvalue weighted by Gasteiger charge is 2.23. The number of amides is 1. The molecule has 0 saturated heterocycles. The fraction of sp³-hybridized carbons (Fsp3) is 0.368. The summed E-state index contributed by atoms with van der Waals surface area (Å²) in [4.78, 5) is 25.1. The predicted molar refractivity (Wildman–Crippen MR) is 101 cm³/mol. The summed E-state index contributed by atoms with van der Waals surface area (Å²) in [5.74, 6) is 0.544. The second-order valence-corrected chi connectivity index (χ2v) is 6.31. The summed E-state index contributed by atoms with van der Waals surface area (Å²) in [6.07, 6.45) is 2.19. The van der Waals surface area contributed by atoms with Crippen LogP contribution in [0.25, 0.3) is 22.8 Å². The van der Waals surface area contributed by atoms with E-state index in [0.29, 0.717) is 48.0 Å². The van der Waals surface area contributed by atoms with E-state index in [1.807, 2.05) is 0 Å². The van der Waals surface area contributed by atoms with E-state index in [9.17, 15) is 9.59 Å². The van der Waals surface area contributed by atoms with Gasteiger partial charge in [0.05, 0.1) is 17.5 Å². The van der Waals surface area contributed by atoms with Gasteiger partial charge in [-0.1, -0.05) is 5.16 Å². The van der Waals surface area contributed by atoms with Crippen LogP contribution in [0, 0.1) is 6.92 Å². The number of hydrogen-bond donors (Lipinski definition) is 1. The minimum Gasteiger partial charge on any atom is -0.463 e. The van der Waals surface area contributed by atoms with Gasteiger partial charge in [0.15, 0.2) is 11.5 Å². The van der Waals surface area contributed by atoms with Crippen LogP contribution in [0.15, 0.2) is 44.3 Å². The van der Waals surface area contributed by atoms with Crippen LogP contribution in [0.2, 0.25) is 0 Å². The SMILES string of the molecule is COCCCNC(=O)C(C)n1nc(-c2ccco2)c(-c2cc(C)no2)cc1=O. The molecule has 3 aromatic heterocycles. The summed E-state index contributed by atoms with van der Waals surface area (Å²) in [6.45, 7) is 4.39. The topological polar surface area (TPSA) is 112 Å². The normalized spacial score (nSPS) is 12.1. The van der Waals surface area contributed by atoms with Gasteiger partial charge in [0.1, 0.15) is 11.7 Å². The van der Waals surface area contributed by atoms with Crippen LogP contribution in [0.4, 0.5) is 0 Å². The first-order chi connectivity index (χ1) is 13.5. The van der Waals surface area contributed by atoms with Gasteiger partial charge in [-0.15, -0.1) is 0 Å². The number of ether oxygens (including phenoxy) is 1. The minimum atomic E-state index is -0.797. The van der Waals surface area contributed by atoms with Crippen LogP contribution in [0.5, 0.6) is 0 Å². The van der Waals surface area contributed by atoms with Crippen molar-refractivity contribution in [3.8, 4) is 22.8 Å². The van der Waals surface area contributed by atoms with Gasteiger partial charge in [-0.2, -0.15) is 5.10 Å². The maximum Gasteiger partial charge on any atom is 0.268 e. The van der Waals surface area contributed by atoms with Gasteiger partial charge in [0.25, 0.3) is 5.56 Å². The minimum absolute atomic E-state index is 0.306. The van der Waals surface area contributed by atoms with Crippen LogP contribution in [-0.2, 0) is 9.53 Å². The molecule has 9 heteroatoms. The fourth-order valence-corrected chi connectivity index (χ4v) is 2.71. The number of nitrogens with zero attached hydrogens (tertiary/aromatic N) is 3. The Morgan fingerprint density at radius 3 is 2.82 bits per heavy atom. The number of furan rings is 1. The molecule has 0 aliphatic heterocycles. The first-order valence-corrected chi connectivity index (χ1v) is 8.89. The number of rotatable bonds is 8. The third-order valence-electron chi connectivity index (χ3n) is 4.18. The molecule has 0 aliphatic rings. The Morgan fingerprint density at radius 1 is 1.36 bits per heavy atom. The molecule has 0 spiro atoms. The molecule has 0 saturated carbocycles. The molecular weight excluding hydrogens is 364 g/mol. The molecular formula is C19H22N4O5. The van der Waals surface area contributed by atoms with Crippen LogP contribution < -0.4 is 10.9 Å². The molecule has 0 bridgehead atoms. The highest BCUT2D eigenvalue weighted by molar-refractivity contribution is 5.80. The van der Waals surface area contributed by atoms with Crippen LogP contribution >= 0.6 is 0 Å². The molecule has 0 radical (unpaired) electrons. The smallest absolute Gasteiger partial charge is 0.268 e. The number of aromatic nitrogens is 3. The van der Waals surface area contributed by atoms with Gasteiger partial charge in [-0.3, -0.25) is 9.59 Å². The molecule has 0 aliphatic carbocycles. The number of carbonyl (C=O) groups excluding carboxylic acids is 1. The van der Waals surface area contributed by atoms with E-state index >= 15 is 0 Å². The molecule has 3 rings (SSSR count). The van der Waals surface area contributed by atoms with E-state index in [-0.39, 0.29) is 5.91 Å². The molecule has 148 valence electrons. The van der Waals surface area contributed by atoms with E-state index < -0.39 is 11.6 Å². The zero-order valence-electron chi connectivity index (χ0n) is 16.0. The van der Waals surface area contributed by atoms with Crippen molar-refractivity contribution < 1.29 is 18.5 Å². The van der Waals surface area contributed by atoms with Crippen LogP contribution in [-0.4, -0.2) is 41.1 Å². The van der Waals surface area contributed by atoms with Gasteiger partial charge < -0.3 is 19.0 Å². The van der Waals surface area contributed by atoms with Crippen molar-refractivity contribution in [2.75, 3.05) is 20.3 Å². The molecule has 1 unspecified atom stereocenters. The monoisotopic (exact) mass is 386 g/mol. The fourth-order valence-electron chi connectivity index (χ4n) is 2.71. The second-order valence-electron chi connectivity index (χ2n) is 6.31. The van der Waals surface area contributed by atoms with Crippen molar-refractivity contribution in [1.82, 2.24) is 20.3 Å². The molecule has 28 heavy (non-hydrogen) atoms. The van der Waals surface area contributed by atoms with Gasteiger partial charge in [0, 0.05) is 32.4 Å². The predicted octanol–water partition coefficient (Wildman–Crippen LogP) is 2.18. The Balaban J connectivity index is 1.96. The number of carbonyl (C=O) groups is 1. The Morgan fingerprint density at radius 2 is 2.18 bits per heavy atom. The summed E-state index contributed by atoms with van der Waals surface area (Å²) in [7, 11) is 1.60. The van der Waals surface area contributed by atoms with Gasteiger partial charge in [0.2, 0.25) is 5.91 Å². The summed E-state index contributed by atoms with van der Waals surface area (Å²) in [5, 5.41) is 11.0. The number of methoxy groups -OCH3 is 1. The van der Waals surface area contributed by atoms with E-state index in [1.165, 1.54) is 12.3 Å². The molecule has 9 nitrogen and oxygen atoms in total. The first kappa shape index (κ1) is 19.6. The van der Waals surface area contributed by atoms with Gasteiger partial charge >= 0.3 is 0 Å². The summed E-state index contributed by atoms with van der Waals surface area (Å²) < 4.78 is 16.9. The molecule has 1 amide bonds. The van der Waals surface area contributed by atoms with Gasteiger partial charge in [-0.05, 0) is 32.4 Å². The molecule has 0 aromatic carbocycles. The highest BCUT2D eigenvalue weighted by atomic mass is 16.5. The zero-order valence-corrected chi connectivity index (χ0v) is 16.0. The Hall–Kier alpha value is -3.20. The maximum atomic E-state index is 12.7. The molecule has 1 N–H and O–H groups in total. The van der Waals surface area contributed by atoms with Gasteiger partial charge in [-0.25, -0.2) is 4.68 Å². The second kappa shape index (κ2) is 8.66. The zero-order chi connectivity index (χ0) is 20.1. The lowest BCUT2D eigenvalue weighted by Gasteiger charge is -2.15. The Labute approximate surface area is 161 Å². The maximum absolute atomic E-state index is 12.7. The van der Waals surface area contributed by atoms with Crippen molar-refractivity contribution in [1.29, 1.82) is 0 Å². The van der Waals surface area contributed by atoms with Crippen molar-refractivity contribution in [2.45, 2.75) is 26.3 Å². The third-order valence-corrected chi connectivity index (χ3v) is 4.18. The molecule has 0 fully saturated rings. The van der Waals surface area contributed by atoms with Crippen molar-refractivity contribution in [2.24, 2.45) is 0 Å². The van der Waals surface area contributed by atoms with E-state index in [0.717, 1.165) is 4.68 Å². The number of hydrogen-bond acceptors (Lipinski definition) is 7. The summed E-state index contributed by atoms with van der Waals surface area (Å²) >= 11 is 0. The van der Waals surface area contributed by atoms with E-state index in [1.54, 1.807) is 39.2 Å². The Kier molecular flexibility index (Phi) is 6.05. The molecule has 3 heterocycles. The standard InChI is InChI=1S/C19H22N4O5/c1-12-10-16(28-22-12)14-11-17(24)23(21-18(14)15-6-4-9-27-15)13(2)19(25)20-7-5-8-26-3/h4,6,9-11,13H,5,7-8H2,1-3H3,(H,20,25). The lowest BCUT2D eigenvalue weighted by atomic mass is 10.1. The van der Waals surface area contributed by atoms with Crippen LogP contribution in [0.1, 0.15) is 25.1 Å². The largest absolute Gasteiger partial charge is 0.463 e. The lowest BCUT2D eigenvalue weighted by Crippen LogP contribution is -2.37. The molecule has 3 aromatic rings. The first-order valence-electron chi connectivity index (χ1n) is 8.89. The quantitative estimate of drug-likeness (QED) is 0.590. The average molecular weight is 386 g/mol. The third kappa shape index (κ3) is 4.20. The van der Waals surface area contributed by atoms with Crippen LogP contribution in [0.3, 0.4) is 0 Å². The number of aryl methyl sites for hydroxylation is 1. The van der Waals surface area contributed by atoms with Crippen molar-refractivity contribution in [3.63, 3.8) is 0 Å². The summed E-state index contributed by atoms with van der Waals surface area (Å²) in [5.41, 5.74) is 1.08. The average Bonchev–Trinajstić information content (AvgIpc) is 3.36. The Bertz CT molecular complexity index is 990. The molecule has 1 atom stereocenters. The highest BCUT2D eigenvalue weighted by Crippen LogP contribution is 2.30. The summed E-state index contributed by atoms with van der Waals surface area (Å²) in [6, 6.07) is 5.72. The van der Waals surface area contributed by atoms with Crippen molar-refractivity contribution >= 4 is 5.91 Å². The lowest BCUT2D eigenvalue weighted by molar-refractivity contribution is -0.124. The van der Waals surface area contributed by atoms with E-state index in [4.69, 9.17) is 13.7 Å². The number of nitrogens with one attached hydrogen (secondary N) is 1. The van der Waals surface area contributed by atoms with E-state index in [2.05, 4.69) is 15.6 Å².